The van der Waals surface area contributed by atoms with Crippen LogP contribution < -0.4 is 0 Å². The Kier molecular flexibility index (Phi) is 10.1. The first kappa shape index (κ1) is 41.9. The van der Waals surface area contributed by atoms with E-state index in [2.05, 4.69) is 141 Å². The summed E-state index contributed by atoms with van der Waals surface area (Å²) >= 11 is 0. The molecule has 8 nitrogen and oxygen atoms in total. The molecule has 0 radical (unpaired) electrons. The molecule has 0 saturated carbocycles. The van der Waals surface area contributed by atoms with E-state index in [0.717, 1.165) is 105 Å². The second-order valence-electron chi connectivity index (χ2n) is 17.7. The molecule has 0 atom stereocenters. The molecule has 8 heteroatoms. The summed E-state index contributed by atoms with van der Waals surface area (Å²) in [6.07, 6.45) is 3.82. The summed E-state index contributed by atoms with van der Waals surface area (Å²) in [4.78, 5) is 24.0. The summed E-state index contributed by atoms with van der Waals surface area (Å²) in [7, 11) is 0. The summed E-state index contributed by atoms with van der Waals surface area (Å²) in [5.74, 6) is 1.71. The van der Waals surface area contributed by atoms with Gasteiger partial charge in [0.05, 0.1) is 57.8 Å². The summed E-state index contributed by atoms with van der Waals surface area (Å²) in [5.41, 5.74) is 15.8. The Labute approximate surface area is 414 Å². The van der Waals surface area contributed by atoms with Gasteiger partial charge in [-0.25, -0.2) is 19.8 Å². The van der Waals surface area contributed by atoms with Crippen molar-refractivity contribution in [1.82, 2.24) is 29.1 Å². The molecule has 0 fully saturated rings. The number of hydrogen-bond acceptors (Lipinski definition) is 5. The van der Waals surface area contributed by atoms with Crippen LogP contribution in [0.2, 0.25) is 0 Å². The quantitative estimate of drug-likeness (QED) is 0.142. The number of pyridine rings is 1. The first-order chi connectivity index (χ1) is 35.6. The molecule has 13 aromatic rings. The zero-order valence-corrected chi connectivity index (χ0v) is 38.5. The van der Waals surface area contributed by atoms with Gasteiger partial charge in [-0.3, -0.25) is 4.98 Å². The first-order valence-electron chi connectivity index (χ1n) is 23.6. The lowest BCUT2D eigenvalue weighted by Gasteiger charge is -2.19. The van der Waals surface area contributed by atoms with Gasteiger partial charge in [0, 0.05) is 55.6 Å². The van der Waals surface area contributed by atoms with E-state index in [1.165, 1.54) is 0 Å². The average molecular weight is 919 g/mol. The van der Waals surface area contributed by atoms with Crippen LogP contribution in [0.25, 0.3) is 127 Å². The minimum absolute atomic E-state index is 0.546. The maximum atomic E-state index is 9.75. The van der Waals surface area contributed by atoms with Crippen molar-refractivity contribution >= 4 is 49.3 Å². The molecule has 0 saturated heterocycles. The number of nitrogens with zero attached hydrogens (tertiary/aromatic N) is 8. The monoisotopic (exact) mass is 918 g/mol. The smallest absolute Gasteiger partial charge is 0.187 e. The Morgan fingerprint density at radius 2 is 0.889 bits per heavy atom. The fourth-order valence-electron chi connectivity index (χ4n) is 10.2. The number of nitriles is 1. The summed E-state index contributed by atoms with van der Waals surface area (Å²) in [6, 6.07) is 76.8. The molecule has 13 rings (SSSR count). The number of aromatic nitrogens is 6. The summed E-state index contributed by atoms with van der Waals surface area (Å²) in [5, 5.41) is 14.1. The van der Waals surface area contributed by atoms with Crippen molar-refractivity contribution in [3.8, 4) is 85.0 Å². The van der Waals surface area contributed by atoms with Crippen LogP contribution in [0.3, 0.4) is 0 Å². The van der Waals surface area contributed by atoms with E-state index in [4.69, 9.17) is 26.5 Å². The van der Waals surface area contributed by atoms with Gasteiger partial charge < -0.3 is 9.13 Å². The van der Waals surface area contributed by atoms with Gasteiger partial charge in [-0.15, -0.1) is 0 Å². The summed E-state index contributed by atoms with van der Waals surface area (Å²) < 4.78 is 4.68. The highest BCUT2D eigenvalue weighted by Crippen LogP contribution is 2.43. The number of benzene rings is 9. The third kappa shape index (κ3) is 7.15. The van der Waals surface area contributed by atoms with Gasteiger partial charge in [0.2, 0.25) is 0 Å². The van der Waals surface area contributed by atoms with Gasteiger partial charge in [0.1, 0.15) is 0 Å². The molecule has 0 aliphatic carbocycles. The minimum Gasteiger partial charge on any atom is -0.309 e. The predicted octanol–water partition coefficient (Wildman–Crippen LogP) is 15.9. The van der Waals surface area contributed by atoms with Gasteiger partial charge in [-0.1, -0.05) is 140 Å². The third-order valence-electron chi connectivity index (χ3n) is 13.5. The van der Waals surface area contributed by atoms with Crippen LogP contribution in [0.5, 0.6) is 0 Å². The molecule has 334 valence electrons. The lowest BCUT2D eigenvalue weighted by atomic mass is 9.98. The van der Waals surface area contributed by atoms with Gasteiger partial charge in [0.15, 0.2) is 23.2 Å². The van der Waals surface area contributed by atoms with Crippen molar-refractivity contribution in [3.63, 3.8) is 0 Å². The van der Waals surface area contributed by atoms with Crippen molar-refractivity contribution in [3.05, 3.63) is 248 Å². The fraction of sp³-hybridized carbons (Fsp3) is 0. The van der Waals surface area contributed by atoms with Gasteiger partial charge in [-0.2, -0.15) is 5.26 Å². The van der Waals surface area contributed by atoms with E-state index in [9.17, 15) is 5.26 Å². The highest BCUT2D eigenvalue weighted by molar-refractivity contribution is 6.13. The highest BCUT2D eigenvalue weighted by atomic mass is 15.0. The molecule has 0 N–H and O–H groups in total. The lowest BCUT2D eigenvalue weighted by molar-refractivity contribution is 1.07. The third-order valence-corrected chi connectivity index (χ3v) is 13.5. The molecule has 0 aliphatic rings. The molecule has 0 aliphatic heterocycles. The molecule has 4 heterocycles. The molecule has 0 unspecified atom stereocenters. The molecular weight excluding hydrogens is 881 g/mol. The second kappa shape index (κ2) is 17.4. The Balaban J connectivity index is 1.08. The van der Waals surface area contributed by atoms with Crippen LogP contribution in [0, 0.1) is 17.9 Å². The molecular formula is C64H38N8. The number of fused-ring (bicyclic) bond motifs is 6. The van der Waals surface area contributed by atoms with Gasteiger partial charge >= 0.3 is 0 Å². The molecule has 9 aromatic carbocycles. The Hall–Kier alpha value is -10.3. The van der Waals surface area contributed by atoms with Crippen LogP contribution in [-0.2, 0) is 0 Å². The van der Waals surface area contributed by atoms with Crippen LogP contribution >= 0.6 is 0 Å². The number of hydrogen-bond donors (Lipinski definition) is 0. The van der Waals surface area contributed by atoms with E-state index in [-0.39, 0.29) is 0 Å². The van der Waals surface area contributed by atoms with Gasteiger partial charge in [0.25, 0.3) is 0 Å². The van der Waals surface area contributed by atoms with Crippen molar-refractivity contribution in [2.45, 2.75) is 0 Å². The van der Waals surface area contributed by atoms with Gasteiger partial charge in [-0.05, 0) is 101 Å². The Bertz CT molecular complexity index is 4310. The van der Waals surface area contributed by atoms with Crippen molar-refractivity contribution < 1.29 is 0 Å². The topological polar surface area (TPSA) is 89.6 Å². The maximum absolute atomic E-state index is 9.75. The molecule has 0 bridgehead atoms. The van der Waals surface area contributed by atoms with E-state index in [0.29, 0.717) is 28.7 Å². The predicted molar refractivity (Wildman–Crippen MR) is 290 cm³/mol. The Morgan fingerprint density at radius 1 is 0.389 bits per heavy atom. The van der Waals surface area contributed by atoms with Crippen LogP contribution in [0.4, 0.5) is 5.69 Å². The first-order valence-corrected chi connectivity index (χ1v) is 23.6. The Morgan fingerprint density at radius 3 is 1.50 bits per heavy atom. The number of rotatable bonds is 8. The van der Waals surface area contributed by atoms with Crippen molar-refractivity contribution in [2.75, 3.05) is 0 Å². The SMILES string of the molecule is [C-]#[N+]c1cccc(-c2ccc3c(c2)c2ccccc2n3-c2ccc(-c3nc(-c4ccccc4)nc(-c4ccccc4)n3)cc2-c2ccncc2-n2c3ccccc3c3cc(-c4cccc(C#N)c4)ccc32)c1. The van der Waals surface area contributed by atoms with E-state index < -0.39 is 0 Å². The van der Waals surface area contributed by atoms with Crippen molar-refractivity contribution in [2.24, 2.45) is 0 Å². The molecule has 72 heavy (non-hydrogen) atoms. The van der Waals surface area contributed by atoms with Crippen LogP contribution in [-0.4, -0.2) is 29.1 Å². The number of para-hydroxylation sites is 2. The standard InChI is InChI=1S/C64H38N8/c1-66-49-21-13-20-45(35-49)47-27-29-58-53(37-47)50-22-8-10-24-56(50)71(58)59-31-28-48(64-69-62(42-15-4-2-5-16-42)68-63(70-64)43-17-6-3-7-18-43)38-55(59)52-32-33-67-40-61(52)72-57-25-11-9-23-51(57)54-36-46(26-30-60(54)72)44-19-12-14-41(34-44)39-65/h2-38,40H. The lowest BCUT2D eigenvalue weighted by Crippen LogP contribution is -2.04. The second-order valence-corrected chi connectivity index (χ2v) is 17.7. The van der Waals surface area contributed by atoms with E-state index in [1.807, 2.05) is 109 Å². The van der Waals surface area contributed by atoms with E-state index >= 15 is 0 Å². The normalized spacial score (nSPS) is 11.3. The average Bonchev–Trinajstić information content (AvgIpc) is 3.97. The van der Waals surface area contributed by atoms with Crippen molar-refractivity contribution in [1.29, 1.82) is 5.26 Å². The highest BCUT2D eigenvalue weighted by Gasteiger charge is 2.23. The largest absolute Gasteiger partial charge is 0.309 e. The molecule has 0 amide bonds. The summed E-state index contributed by atoms with van der Waals surface area (Å²) in [6.45, 7) is 7.69. The van der Waals surface area contributed by atoms with Crippen LogP contribution in [0.15, 0.2) is 231 Å². The molecule has 0 spiro atoms. The zero-order chi connectivity index (χ0) is 48.1. The zero-order valence-electron chi connectivity index (χ0n) is 38.5. The molecule has 4 aromatic heterocycles. The maximum Gasteiger partial charge on any atom is 0.187 e. The fourth-order valence-corrected chi connectivity index (χ4v) is 10.2. The van der Waals surface area contributed by atoms with E-state index in [1.54, 1.807) is 0 Å². The van der Waals surface area contributed by atoms with Crippen LogP contribution in [0.1, 0.15) is 5.56 Å². The minimum atomic E-state index is 0.546.